The van der Waals surface area contributed by atoms with E-state index in [-0.39, 0.29) is 0 Å². The van der Waals surface area contributed by atoms with Gasteiger partial charge in [-0.1, -0.05) is 13.8 Å². The third-order valence-corrected chi connectivity index (χ3v) is 5.87. The third kappa shape index (κ3) is 2.21. The van der Waals surface area contributed by atoms with E-state index in [1.54, 1.807) is 0 Å². The Morgan fingerprint density at radius 1 is 1.27 bits per heavy atom. The molecule has 1 nitrogen and oxygen atoms in total. The first kappa shape index (κ1) is 11.8. The highest BCUT2D eigenvalue weighted by atomic mass is 32.2. The lowest BCUT2D eigenvalue weighted by Crippen LogP contribution is -2.52. The number of thioether (sulfide) groups is 1. The van der Waals surface area contributed by atoms with Gasteiger partial charge in [0.2, 0.25) is 0 Å². The summed E-state index contributed by atoms with van der Waals surface area (Å²) in [7, 11) is 0. The smallest absolute Gasteiger partial charge is 0.0521 e. The lowest BCUT2D eigenvalue weighted by Gasteiger charge is -2.60. The number of aliphatic hydroxyl groups is 1. The molecule has 0 spiro atoms. The molecule has 0 heterocycles. The van der Waals surface area contributed by atoms with Crippen LogP contribution in [-0.4, -0.2) is 23.2 Å². The fourth-order valence-electron chi connectivity index (χ4n) is 3.71. The molecular weight excluding hydrogens is 204 g/mol. The summed E-state index contributed by atoms with van der Waals surface area (Å²) in [6.45, 7) is 5.28. The molecule has 2 heteroatoms. The molecule has 0 amide bonds. The molecule has 0 aromatic rings. The Bertz CT molecular complexity index is 213. The van der Waals surface area contributed by atoms with Crippen LogP contribution in [0.3, 0.4) is 0 Å². The molecular formula is C13H24OS. The molecule has 1 N–H and O–H groups in total. The van der Waals surface area contributed by atoms with Crippen molar-refractivity contribution in [3.8, 4) is 0 Å². The van der Waals surface area contributed by atoms with E-state index in [2.05, 4.69) is 13.8 Å². The predicted molar refractivity (Wildman–Crippen MR) is 67.1 cm³/mol. The first-order valence-corrected chi connectivity index (χ1v) is 7.50. The van der Waals surface area contributed by atoms with E-state index in [9.17, 15) is 0 Å². The van der Waals surface area contributed by atoms with E-state index in [0.717, 1.165) is 23.5 Å². The Labute approximate surface area is 98.0 Å². The molecule has 0 aliphatic heterocycles. The quantitative estimate of drug-likeness (QED) is 0.729. The maximum atomic E-state index is 8.73. The van der Waals surface area contributed by atoms with E-state index in [1.165, 1.54) is 31.4 Å². The summed E-state index contributed by atoms with van der Waals surface area (Å²) >= 11 is 1.92. The summed E-state index contributed by atoms with van der Waals surface area (Å²) in [5, 5.41) is 8.73. The predicted octanol–water partition coefficient (Wildman–Crippen LogP) is 3.17. The first-order chi connectivity index (χ1) is 7.16. The van der Waals surface area contributed by atoms with Crippen LogP contribution < -0.4 is 0 Å². The van der Waals surface area contributed by atoms with Crippen LogP contribution >= 0.6 is 11.8 Å². The summed E-state index contributed by atoms with van der Waals surface area (Å²) < 4.78 is 0. The molecule has 0 aromatic heterocycles. The molecule has 3 atom stereocenters. The second kappa shape index (κ2) is 4.67. The van der Waals surface area contributed by atoms with Crippen molar-refractivity contribution < 1.29 is 5.11 Å². The van der Waals surface area contributed by atoms with Crippen LogP contribution in [0.15, 0.2) is 0 Å². The summed E-state index contributed by atoms with van der Waals surface area (Å²) in [6, 6.07) is 0. The average molecular weight is 228 g/mol. The molecule has 88 valence electrons. The zero-order chi connectivity index (χ0) is 10.9. The molecule has 0 aromatic carbocycles. The van der Waals surface area contributed by atoms with Crippen LogP contribution in [0, 0.1) is 23.2 Å². The summed E-state index contributed by atoms with van der Waals surface area (Å²) in [5.41, 5.74) is 0.643. The molecule has 0 unspecified atom stereocenters. The molecule has 3 aliphatic carbocycles. The Morgan fingerprint density at radius 3 is 2.67 bits per heavy atom. The summed E-state index contributed by atoms with van der Waals surface area (Å²) in [5.74, 6) is 5.19. The summed E-state index contributed by atoms with van der Waals surface area (Å²) in [6.07, 6.45) is 5.82. The molecule has 2 bridgehead atoms. The molecule has 0 radical (unpaired) electrons. The second-order valence-electron chi connectivity index (χ2n) is 5.82. The zero-order valence-electron chi connectivity index (χ0n) is 10.0. The maximum Gasteiger partial charge on any atom is 0.0521 e. The molecule has 3 aliphatic rings. The molecule has 3 rings (SSSR count). The van der Waals surface area contributed by atoms with Crippen LogP contribution in [0.4, 0.5) is 0 Å². The van der Waals surface area contributed by atoms with Gasteiger partial charge in [-0.25, -0.2) is 0 Å². The third-order valence-electron chi connectivity index (χ3n) is 4.87. The Morgan fingerprint density at radius 2 is 2.07 bits per heavy atom. The van der Waals surface area contributed by atoms with E-state index >= 15 is 0 Å². The SMILES string of the molecule is CC1(C)[C@H]2CC[C@@H](CCSCCO)[C@@H]1C2. The van der Waals surface area contributed by atoms with Gasteiger partial charge in [0.15, 0.2) is 0 Å². The summed E-state index contributed by atoms with van der Waals surface area (Å²) in [4.78, 5) is 0. The number of aliphatic hydroxyl groups excluding tert-OH is 1. The molecule has 15 heavy (non-hydrogen) atoms. The zero-order valence-corrected chi connectivity index (χ0v) is 10.9. The van der Waals surface area contributed by atoms with Crippen LogP contribution in [0.5, 0.6) is 0 Å². The topological polar surface area (TPSA) is 20.2 Å². The monoisotopic (exact) mass is 228 g/mol. The fourth-order valence-corrected chi connectivity index (χ4v) is 4.51. The van der Waals surface area contributed by atoms with Crippen molar-refractivity contribution in [3.63, 3.8) is 0 Å². The van der Waals surface area contributed by atoms with Crippen LogP contribution in [0.1, 0.15) is 39.5 Å². The van der Waals surface area contributed by atoms with E-state index < -0.39 is 0 Å². The normalized spacial score (nSPS) is 37.4. The van der Waals surface area contributed by atoms with Gasteiger partial charge in [0.05, 0.1) is 6.61 Å². The highest BCUT2D eigenvalue weighted by Crippen LogP contribution is 2.62. The van der Waals surface area contributed by atoms with Gasteiger partial charge in [-0.2, -0.15) is 11.8 Å². The molecule has 3 fully saturated rings. The van der Waals surface area contributed by atoms with E-state index in [4.69, 9.17) is 5.11 Å². The minimum absolute atomic E-state index is 0.340. The highest BCUT2D eigenvalue weighted by Gasteiger charge is 2.53. The van der Waals surface area contributed by atoms with Gasteiger partial charge in [0, 0.05) is 5.75 Å². The van der Waals surface area contributed by atoms with Crippen LogP contribution in [-0.2, 0) is 0 Å². The molecule has 0 saturated heterocycles. The van der Waals surface area contributed by atoms with Crippen molar-refractivity contribution in [2.75, 3.05) is 18.1 Å². The van der Waals surface area contributed by atoms with Gasteiger partial charge < -0.3 is 5.11 Å². The van der Waals surface area contributed by atoms with Gasteiger partial charge >= 0.3 is 0 Å². The van der Waals surface area contributed by atoms with Crippen molar-refractivity contribution in [2.24, 2.45) is 23.2 Å². The largest absolute Gasteiger partial charge is 0.396 e. The Hall–Kier alpha value is 0.310. The van der Waals surface area contributed by atoms with E-state index in [1.807, 2.05) is 11.8 Å². The second-order valence-corrected chi connectivity index (χ2v) is 7.05. The lowest BCUT2D eigenvalue weighted by molar-refractivity contribution is -0.105. The van der Waals surface area contributed by atoms with Crippen molar-refractivity contribution in [2.45, 2.75) is 39.5 Å². The van der Waals surface area contributed by atoms with Gasteiger partial charge in [-0.3, -0.25) is 0 Å². The van der Waals surface area contributed by atoms with Gasteiger partial charge in [-0.05, 0) is 54.6 Å². The van der Waals surface area contributed by atoms with Gasteiger partial charge in [-0.15, -0.1) is 0 Å². The maximum absolute atomic E-state index is 8.73. The average Bonchev–Trinajstić information content (AvgIpc) is 2.24. The number of rotatable bonds is 5. The van der Waals surface area contributed by atoms with Crippen LogP contribution in [0.25, 0.3) is 0 Å². The standard InChI is InChI=1S/C13H24OS/c1-13(2)11-4-3-10(12(13)9-11)5-7-15-8-6-14/h10-12,14H,3-9H2,1-2H3/t10-,11-,12-/m0/s1. The minimum atomic E-state index is 0.340. The van der Waals surface area contributed by atoms with Crippen molar-refractivity contribution in [3.05, 3.63) is 0 Å². The number of hydrogen-bond donors (Lipinski definition) is 1. The number of fused-ring (bicyclic) bond motifs is 2. The van der Waals surface area contributed by atoms with Crippen LogP contribution in [0.2, 0.25) is 0 Å². The fraction of sp³-hybridized carbons (Fsp3) is 1.00. The van der Waals surface area contributed by atoms with Crippen molar-refractivity contribution in [1.82, 2.24) is 0 Å². The lowest BCUT2D eigenvalue weighted by atomic mass is 9.45. The van der Waals surface area contributed by atoms with Gasteiger partial charge in [0.1, 0.15) is 0 Å². The number of hydrogen-bond acceptors (Lipinski definition) is 2. The van der Waals surface area contributed by atoms with Crippen molar-refractivity contribution in [1.29, 1.82) is 0 Å². The molecule has 3 saturated carbocycles. The van der Waals surface area contributed by atoms with E-state index in [0.29, 0.717) is 12.0 Å². The highest BCUT2D eigenvalue weighted by molar-refractivity contribution is 7.99. The first-order valence-electron chi connectivity index (χ1n) is 6.35. The van der Waals surface area contributed by atoms with Gasteiger partial charge in [0.25, 0.3) is 0 Å². The minimum Gasteiger partial charge on any atom is -0.396 e. The Balaban J connectivity index is 1.74. The van der Waals surface area contributed by atoms with Crippen molar-refractivity contribution >= 4 is 11.8 Å². The Kier molecular flexibility index (Phi) is 3.67.